The highest BCUT2D eigenvalue weighted by Crippen LogP contribution is 2.37. The number of carbonyl (C=O) groups is 1. The van der Waals surface area contributed by atoms with E-state index >= 15 is 0 Å². The summed E-state index contributed by atoms with van der Waals surface area (Å²) in [5.74, 6) is 0.478. The number of benzene rings is 1. The summed E-state index contributed by atoms with van der Waals surface area (Å²) < 4.78 is 37.0. The third-order valence-corrected chi connectivity index (χ3v) is 5.78. The van der Waals surface area contributed by atoms with Gasteiger partial charge in [0, 0.05) is 12.6 Å². The monoisotopic (exact) mass is 439 g/mol. The lowest BCUT2D eigenvalue weighted by atomic mass is 10.2. The Morgan fingerprint density at radius 1 is 1.30 bits per heavy atom. The molecule has 2 aliphatic carbocycles. The molecule has 0 N–H and O–H groups in total. The van der Waals surface area contributed by atoms with Gasteiger partial charge in [0.1, 0.15) is 0 Å². The number of thioether (sulfide) groups is 1. The number of halogens is 2. The normalized spacial score (nSPS) is 16.0. The van der Waals surface area contributed by atoms with Gasteiger partial charge in [-0.05, 0) is 60.7 Å². The van der Waals surface area contributed by atoms with Crippen molar-refractivity contribution in [2.75, 3.05) is 12.4 Å². The van der Waals surface area contributed by atoms with Crippen LogP contribution < -0.4 is 9.47 Å². The highest BCUT2D eigenvalue weighted by molar-refractivity contribution is 7.99. The molecule has 11 heteroatoms. The molecule has 1 amide bonds. The van der Waals surface area contributed by atoms with Crippen LogP contribution in [-0.2, 0) is 11.3 Å². The van der Waals surface area contributed by atoms with E-state index in [-0.39, 0.29) is 29.2 Å². The standard InChI is InChI=1S/C19H23F2N5O3S/c1-2-28-16-9-12(3-8-15(16)29-18(20)21)10-25(13-4-5-13)17(27)11-30-19-22-23-24-26(19)14-6-7-14/h3,8-9,13-14,18H,2,4-7,10-11H2,1H3. The van der Waals surface area contributed by atoms with Crippen LogP contribution in [0.5, 0.6) is 11.5 Å². The van der Waals surface area contributed by atoms with Crippen LogP contribution in [0.15, 0.2) is 23.4 Å². The Hall–Kier alpha value is -2.43. The van der Waals surface area contributed by atoms with E-state index in [4.69, 9.17) is 4.74 Å². The Kier molecular flexibility index (Phi) is 6.35. The number of ether oxygens (including phenoxy) is 2. The number of hydrogen-bond acceptors (Lipinski definition) is 7. The number of amides is 1. The smallest absolute Gasteiger partial charge is 0.387 e. The van der Waals surface area contributed by atoms with Crippen LogP contribution in [-0.4, -0.2) is 56.0 Å². The van der Waals surface area contributed by atoms with E-state index in [9.17, 15) is 13.6 Å². The zero-order chi connectivity index (χ0) is 21.1. The van der Waals surface area contributed by atoms with Gasteiger partial charge in [-0.2, -0.15) is 8.78 Å². The van der Waals surface area contributed by atoms with E-state index in [0.29, 0.717) is 24.3 Å². The predicted octanol–water partition coefficient (Wildman–Crippen LogP) is 3.29. The second-order valence-electron chi connectivity index (χ2n) is 7.27. The van der Waals surface area contributed by atoms with Crippen molar-refractivity contribution in [3.8, 4) is 11.5 Å². The average molecular weight is 439 g/mol. The third-order valence-electron chi connectivity index (χ3n) is 4.87. The highest BCUT2D eigenvalue weighted by Gasteiger charge is 2.33. The molecule has 0 radical (unpaired) electrons. The van der Waals surface area contributed by atoms with Crippen molar-refractivity contribution in [2.24, 2.45) is 0 Å². The number of tetrazole rings is 1. The van der Waals surface area contributed by atoms with Gasteiger partial charge in [0.15, 0.2) is 11.5 Å². The van der Waals surface area contributed by atoms with Gasteiger partial charge in [0.25, 0.3) is 0 Å². The molecule has 1 heterocycles. The molecule has 0 aliphatic heterocycles. The number of aromatic nitrogens is 4. The number of carbonyl (C=O) groups excluding carboxylic acids is 1. The van der Waals surface area contributed by atoms with Crippen LogP contribution >= 0.6 is 11.8 Å². The molecule has 4 rings (SSSR count). The predicted molar refractivity (Wildman–Crippen MR) is 105 cm³/mol. The summed E-state index contributed by atoms with van der Waals surface area (Å²) in [5.41, 5.74) is 0.799. The lowest BCUT2D eigenvalue weighted by Crippen LogP contribution is -2.34. The Morgan fingerprint density at radius 2 is 2.10 bits per heavy atom. The summed E-state index contributed by atoms with van der Waals surface area (Å²) in [6.45, 7) is -0.456. The summed E-state index contributed by atoms with van der Waals surface area (Å²) in [4.78, 5) is 14.7. The molecule has 2 aliphatic rings. The molecule has 2 fully saturated rings. The second-order valence-corrected chi connectivity index (χ2v) is 8.21. The van der Waals surface area contributed by atoms with Gasteiger partial charge < -0.3 is 14.4 Å². The van der Waals surface area contributed by atoms with Gasteiger partial charge in [-0.15, -0.1) is 5.10 Å². The molecule has 2 saturated carbocycles. The van der Waals surface area contributed by atoms with Crippen LogP contribution in [0.3, 0.4) is 0 Å². The van der Waals surface area contributed by atoms with Gasteiger partial charge >= 0.3 is 6.61 Å². The summed E-state index contributed by atoms with van der Waals surface area (Å²) in [6, 6.07) is 5.35. The van der Waals surface area contributed by atoms with Crippen molar-refractivity contribution in [1.82, 2.24) is 25.1 Å². The quantitative estimate of drug-likeness (QED) is 0.497. The topological polar surface area (TPSA) is 82.4 Å². The first-order valence-electron chi connectivity index (χ1n) is 9.95. The molecule has 1 aromatic heterocycles. The Balaban J connectivity index is 1.42. The average Bonchev–Trinajstić information content (AvgIpc) is 3.65. The van der Waals surface area contributed by atoms with Crippen LogP contribution in [0.25, 0.3) is 0 Å². The molecule has 0 atom stereocenters. The summed E-state index contributed by atoms with van der Waals surface area (Å²) >= 11 is 1.34. The minimum Gasteiger partial charge on any atom is -0.490 e. The lowest BCUT2D eigenvalue weighted by Gasteiger charge is -2.23. The highest BCUT2D eigenvalue weighted by atomic mass is 32.2. The molecular weight excluding hydrogens is 416 g/mol. The van der Waals surface area contributed by atoms with E-state index in [1.165, 1.54) is 17.8 Å². The van der Waals surface area contributed by atoms with Crippen molar-refractivity contribution in [2.45, 2.75) is 63.0 Å². The molecular formula is C19H23F2N5O3S. The second kappa shape index (κ2) is 9.15. The first-order valence-corrected chi connectivity index (χ1v) is 10.9. The van der Waals surface area contributed by atoms with Crippen molar-refractivity contribution in [3.63, 3.8) is 0 Å². The van der Waals surface area contributed by atoms with E-state index in [0.717, 1.165) is 31.2 Å². The molecule has 0 bridgehead atoms. The Bertz CT molecular complexity index is 889. The van der Waals surface area contributed by atoms with Crippen molar-refractivity contribution in [1.29, 1.82) is 0 Å². The third kappa shape index (κ3) is 5.18. The fraction of sp³-hybridized carbons (Fsp3) is 0.579. The molecule has 0 spiro atoms. The zero-order valence-corrected chi connectivity index (χ0v) is 17.4. The van der Waals surface area contributed by atoms with Gasteiger partial charge in [-0.1, -0.05) is 17.8 Å². The number of rotatable bonds is 11. The molecule has 1 aromatic carbocycles. The van der Waals surface area contributed by atoms with Crippen LogP contribution in [0.2, 0.25) is 0 Å². The Labute approximate surface area is 176 Å². The molecule has 30 heavy (non-hydrogen) atoms. The number of hydrogen-bond donors (Lipinski definition) is 0. The largest absolute Gasteiger partial charge is 0.490 e. The van der Waals surface area contributed by atoms with Gasteiger partial charge in [0.05, 0.1) is 18.4 Å². The fourth-order valence-electron chi connectivity index (χ4n) is 3.15. The van der Waals surface area contributed by atoms with Crippen LogP contribution in [0.4, 0.5) is 8.78 Å². The maximum Gasteiger partial charge on any atom is 0.387 e. The first kappa shape index (κ1) is 20.8. The van der Waals surface area contributed by atoms with Crippen LogP contribution in [0, 0.1) is 0 Å². The minimum absolute atomic E-state index is 0.00119. The van der Waals surface area contributed by atoms with Crippen molar-refractivity contribution >= 4 is 17.7 Å². The number of nitrogens with zero attached hydrogens (tertiary/aromatic N) is 5. The zero-order valence-electron chi connectivity index (χ0n) is 16.5. The fourth-order valence-corrected chi connectivity index (χ4v) is 3.98. The SMILES string of the molecule is CCOc1cc(CN(C(=O)CSc2nnnn2C2CC2)C2CC2)ccc1OC(F)F. The maximum absolute atomic E-state index is 12.9. The molecule has 8 nitrogen and oxygen atoms in total. The van der Waals surface area contributed by atoms with Crippen molar-refractivity contribution in [3.05, 3.63) is 23.8 Å². The van der Waals surface area contributed by atoms with Gasteiger partial charge in [-0.25, -0.2) is 4.68 Å². The van der Waals surface area contributed by atoms with Gasteiger partial charge in [-0.3, -0.25) is 4.79 Å². The maximum atomic E-state index is 12.9. The summed E-state index contributed by atoms with van der Waals surface area (Å²) in [6.07, 6.45) is 4.05. The van der Waals surface area contributed by atoms with E-state index < -0.39 is 6.61 Å². The Morgan fingerprint density at radius 3 is 2.77 bits per heavy atom. The minimum atomic E-state index is -2.93. The lowest BCUT2D eigenvalue weighted by molar-refractivity contribution is -0.129. The number of alkyl halides is 2. The molecule has 0 saturated heterocycles. The summed E-state index contributed by atoms with van der Waals surface area (Å²) in [7, 11) is 0. The van der Waals surface area contributed by atoms with Crippen molar-refractivity contribution < 1.29 is 23.0 Å². The molecule has 2 aromatic rings. The molecule has 162 valence electrons. The molecule has 0 unspecified atom stereocenters. The van der Waals surface area contributed by atoms with Gasteiger partial charge in [0.2, 0.25) is 11.1 Å². The van der Waals surface area contributed by atoms with E-state index in [1.54, 1.807) is 23.7 Å². The van der Waals surface area contributed by atoms with Crippen LogP contribution in [0.1, 0.15) is 44.2 Å². The first-order chi connectivity index (χ1) is 14.5. The van der Waals surface area contributed by atoms with E-state index in [2.05, 4.69) is 20.3 Å². The summed E-state index contributed by atoms with van der Waals surface area (Å²) in [5, 5.41) is 12.4. The van der Waals surface area contributed by atoms with E-state index in [1.807, 2.05) is 4.90 Å².